The number of amides is 1. The second-order valence-electron chi connectivity index (χ2n) is 5.49. The van der Waals surface area contributed by atoms with Gasteiger partial charge >= 0.3 is 0 Å². The summed E-state index contributed by atoms with van der Waals surface area (Å²) < 4.78 is 10.4. The van der Waals surface area contributed by atoms with Crippen molar-refractivity contribution in [3.8, 4) is 11.5 Å². The number of hydrogen-bond donors (Lipinski definition) is 1. The Morgan fingerprint density at radius 2 is 1.62 bits per heavy atom. The minimum atomic E-state index is 0. The predicted octanol–water partition coefficient (Wildman–Crippen LogP) is 1.42. The zero-order chi connectivity index (χ0) is 14.1. The molecule has 2 heterocycles. The molecule has 1 N–H and O–H groups in total. The normalized spacial score (nSPS) is 23.4. The number of carbonyl (C=O) groups excluding carboxylic acids is 1. The molecular formula is C15H21ClN2O3. The van der Waals surface area contributed by atoms with Crippen molar-refractivity contribution in [3.05, 3.63) is 23.8 Å². The van der Waals surface area contributed by atoms with Gasteiger partial charge in [0.25, 0.3) is 5.91 Å². The lowest BCUT2D eigenvalue weighted by atomic mass is 10.0. The maximum absolute atomic E-state index is 12.6. The molecule has 2 aliphatic rings. The van der Waals surface area contributed by atoms with E-state index in [-0.39, 0.29) is 18.3 Å². The molecule has 2 atom stereocenters. The van der Waals surface area contributed by atoms with Crippen molar-refractivity contribution in [1.82, 2.24) is 10.2 Å². The topological polar surface area (TPSA) is 50.8 Å². The summed E-state index contributed by atoms with van der Waals surface area (Å²) in [5, 5.41) is 3.38. The highest BCUT2D eigenvalue weighted by atomic mass is 35.5. The molecule has 1 amide bonds. The molecule has 0 unspecified atom stereocenters. The lowest BCUT2D eigenvalue weighted by molar-refractivity contribution is 0.0781. The Hall–Kier alpha value is -1.46. The Balaban J connectivity index is 0.00000161. The fraction of sp³-hybridized carbons (Fsp3) is 0.533. The van der Waals surface area contributed by atoms with Crippen molar-refractivity contribution in [1.29, 1.82) is 0 Å². The molecule has 116 valence electrons. The Labute approximate surface area is 131 Å². The third-order valence-corrected chi connectivity index (χ3v) is 4.28. The number of rotatable bonds is 3. The second kappa shape index (κ2) is 6.54. The van der Waals surface area contributed by atoms with Gasteiger partial charge in [-0.15, -0.1) is 12.4 Å². The molecule has 1 aromatic rings. The van der Waals surface area contributed by atoms with E-state index < -0.39 is 0 Å². The van der Waals surface area contributed by atoms with Crippen LogP contribution < -0.4 is 14.8 Å². The van der Waals surface area contributed by atoms with E-state index in [1.54, 1.807) is 32.4 Å². The van der Waals surface area contributed by atoms with Gasteiger partial charge in [-0.1, -0.05) is 0 Å². The number of carbonyl (C=O) groups is 1. The van der Waals surface area contributed by atoms with Gasteiger partial charge in [-0.25, -0.2) is 0 Å². The summed E-state index contributed by atoms with van der Waals surface area (Å²) in [6.45, 7) is 3.73. The summed E-state index contributed by atoms with van der Waals surface area (Å²) in [6.07, 6.45) is 0. The summed E-state index contributed by atoms with van der Waals surface area (Å²) >= 11 is 0. The van der Waals surface area contributed by atoms with Crippen molar-refractivity contribution >= 4 is 18.3 Å². The van der Waals surface area contributed by atoms with Crippen LogP contribution in [0.4, 0.5) is 0 Å². The van der Waals surface area contributed by atoms with E-state index in [0.29, 0.717) is 28.9 Å². The molecule has 5 nitrogen and oxygen atoms in total. The minimum Gasteiger partial charge on any atom is -0.497 e. The van der Waals surface area contributed by atoms with Crippen molar-refractivity contribution < 1.29 is 14.3 Å². The molecule has 0 spiro atoms. The maximum atomic E-state index is 12.6. The fourth-order valence-corrected chi connectivity index (χ4v) is 3.13. The first kappa shape index (κ1) is 15.9. The van der Waals surface area contributed by atoms with Crippen molar-refractivity contribution in [2.24, 2.45) is 11.8 Å². The van der Waals surface area contributed by atoms with Crippen molar-refractivity contribution in [3.63, 3.8) is 0 Å². The lowest BCUT2D eigenvalue weighted by Gasteiger charge is -2.18. The Bertz CT molecular complexity index is 489. The number of hydrogen-bond acceptors (Lipinski definition) is 4. The minimum absolute atomic E-state index is 0. The van der Waals surface area contributed by atoms with Gasteiger partial charge in [0.1, 0.15) is 11.5 Å². The monoisotopic (exact) mass is 312 g/mol. The summed E-state index contributed by atoms with van der Waals surface area (Å²) in [7, 11) is 3.18. The third-order valence-electron chi connectivity index (χ3n) is 4.28. The molecule has 0 saturated carbocycles. The van der Waals surface area contributed by atoms with E-state index in [4.69, 9.17) is 9.47 Å². The summed E-state index contributed by atoms with van der Waals surface area (Å²) in [6, 6.07) is 5.33. The van der Waals surface area contributed by atoms with Crippen LogP contribution in [0.25, 0.3) is 0 Å². The average Bonchev–Trinajstić information content (AvgIpc) is 3.07. The van der Waals surface area contributed by atoms with Gasteiger partial charge in [-0.3, -0.25) is 4.79 Å². The van der Waals surface area contributed by atoms with Gasteiger partial charge < -0.3 is 19.7 Å². The SMILES string of the molecule is COc1cc(OC)cc(C(=O)N2C[C@H]3CNC[C@H]3C2)c1.Cl. The zero-order valence-corrected chi connectivity index (χ0v) is 13.1. The molecule has 1 aromatic carbocycles. The molecule has 6 heteroatoms. The van der Waals surface area contributed by atoms with E-state index >= 15 is 0 Å². The first-order valence-electron chi connectivity index (χ1n) is 6.94. The molecule has 0 bridgehead atoms. The summed E-state index contributed by atoms with van der Waals surface area (Å²) in [5.74, 6) is 2.57. The molecule has 0 aromatic heterocycles. The quantitative estimate of drug-likeness (QED) is 0.917. The van der Waals surface area contributed by atoms with E-state index in [2.05, 4.69) is 5.32 Å². The van der Waals surface area contributed by atoms with Crippen molar-refractivity contribution in [2.45, 2.75) is 0 Å². The first-order valence-corrected chi connectivity index (χ1v) is 6.94. The standard InChI is InChI=1S/C15H20N2O3.ClH/c1-19-13-3-10(4-14(5-13)20-2)15(18)17-8-11-6-16-7-12(11)9-17;/h3-5,11-12,16H,6-9H2,1-2H3;1H/t11-,12+;. The second-order valence-corrected chi connectivity index (χ2v) is 5.49. The Kier molecular flexibility index (Phi) is 4.96. The van der Waals surface area contributed by atoms with Crippen LogP contribution in [0.2, 0.25) is 0 Å². The largest absolute Gasteiger partial charge is 0.497 e. The molecule has 2 saturated heterocycles. The average molecular weight is 313 g/mol. The van der Waals surface area contributed by atoms with Crippen LogP contribution in [-0.4, -0.2) is 51.2 Å². The Morgan fingerprint density at radius 1 is 1.10 bits per heavy atom. The van der Waals surface area contributed by atoms with Gasteiger partial charge in [0, 0.05) is 37.8 Å². The van der Waals surface area contributed by atoms with Gasteiger partial charge in [-0.05, 0) is 24.0 Å². The molecule has 2 aliphatic heterocycles. The molecular weight excluding hydrogens is 292 g/mol. The van der Waals surface area contributed by atoms with Crippen LogP contribution in [-0.2, 0) is 0 Å². The summed E-state index contributed by atoms with van der Waals surface area (Å²) in [5.41, 5.74) is 0.633. The van der Waals surface area contributed by atoms with Crippen molar-refractivity contribution in [2.75, 3.05) is 40.4 Å². The lowest BCUT2D eigenvalue weighted by Crippen LogP contribution is -2.31. The van der Waals surface area contributed by atoms with Crippen LogP contribution in [0.5, 0.6) is 11.5 Å². The number of nitrogens with zero attached hydrogens (tertiary/aromatic N) is 1. The number of halogens is 1. The molecule has 21 heavy (non-hydrogen) atoms. The van der Waals surface area contributed by atoms with Crippen LogP contribution >= 0.6 is 12.4 Å². The highest BCUT2D eigenvalue weighted by Gasteiger charge is 2.38. The molecule has 3 rings (SSSR count). The van der Waals surface area contributed by atoms with Crippen LogP contribution in [0, 0.1) is 11.8 Å². The van der Waals surface area contributed by atoms with E-state index in [0.717, 1.165) is 26.2 Å². The highest BCUT2D eigenvalue weighted by Crippen LogP contribution is 2.29. The van der Waals surface area contributed by atoms with Crippen LogP contribution in [0.1, 0.15) is 10.4 Å². The van der Waals surface area contributed by atoms with E-state index in [1.807, 2.05) is 4.90 Å². The highest BCUT2D eigenvalue weighted by molar-refractivity contribution is 5.95. The van der Waals surface area contributed by atoms with E-state index in [1.165, 1.54) is 0 Å². The van der Waals surface area contributed by atoms with Gasteiger partial charge in [0.15, 0.2) is 0 Å². The fourth-order valence-electron chi connectivity index (χ4n) is 3.13. The molecule has 0 aliphatic carbocycles. The first-order chi connectivity index (χ1) is 9.71. The van der Waals surface area contributed by atoms with Crippen LogP contribution in [0.3, 0.4) is 0 Å². The number of fused-ring (bicyclic) bond motifs is 1. The predicted molar refractivity (Wildman–Crippen MR) is 82.5 cm³/mol. The van der Waals surface area contributed by atoms with E-state index in [9.17, 15) is 4.79 Å². The molecule has 2 fully saturated rings. The third kappa shape index (κ3) is 3.09. The smallest absolute Gasteiger partial charge is 0.254 e. The maximum Gasteiger partial charge on any atom is 0.254 e. The van der Waals surface area contributed by atoms with Crippen LogP contribution in [0.15, 0.2) is 18.2 Å². The number of likely N-dealkylation sites (tertiary alicyclic amines) is 1. The Morgan fingerprint density at radius 3 is 2.10 bits per heavy atom. The molecule has 0 radical (unpaired) electrons. The van der Waals surface area contributed by atoms with Gasteiger partial charge in [0.2, 0.25) is 0 Å². The number of methoxy groups -OCH3 is 2. The summed E-state index contributed by atoms with van der Waals surface area (Å²) in [4.78, 5) is 14.6. The number of benzene rings is 1. The number of nitrogens with one attached hydrogen (secondary N) is 1. The zero-order valence-electron chi connectivity index (χ0n) is 12.3. The number of ether oxygens (including phenoxy) is 2. The van der Waals surface area contributed by atoms with Gasteiger partial charge in [0.05, 0.1) is 14.2 Å². The van der Waals surface area contributed by atoms with Gasteiger partial charge in [-0.2, -0.15) is 0 Å².